The van der Waals surface area contributed by atoms with Crippen molar-refractivity contribution < 1.29 is 4.79 Å². The van der Waals surface area contributed by atoms with Crippen LogP contribution < -0.4 is 16.0 Å². The lowest BCUT2D eigenvalue weighted by molar-refractivity contribution is -0.119. The van der Waals surface area contributed by atoms with E-state index in [1.807, 2.05) is 24.0 Å². The van der Waals surface area contributed by atoms with Crippen molar-refractivity contribution in [3.63, 3.8) is 0 Å². The molecule has 1 aromatic rings. The zero-order chi connectivity index (χ0) is 11.5. The number of carbonyl (C=O) groups is 1. The second kappa shape index (κ2) is 4.38. The van der Waals surface area contributed by atoms with Gasteiger partial charge in [-0.15, -0.1) is 0 Å². The summed E-state index contributed by atoms with van der Waals surface area (Å²) in [6.07, 6.45) is 0.917. The van der Waals surface area contributed by atoms with Gasteiger partial charge in [0.25, 0.3) is 0 Å². The van der Waals surface area contributed by atoms with E-state index in [9.17, 15) is 4.79 Å². The van der Waals surface area contributed by atoms with Crippen molar-refractivity contribution in [3.8, 4) is 0 Å². The molecular formula is C11H16N4O. The van der Waals surface area contributed by atoms with Gasteiger partial charge in [-0.1, -0.05) is 0 Å². The smallest absolute Gasteiger partial charge is 0.239 e. The first-order valence-electron chi connectivity index (χ1n) is 5.41. The van der Waals surface area contributed by atoms with Gasteiger partial charge >= 0.3 is 0 Å². The highest BCUT2D eigenvalue weighted by molar-refractivity contribution is 5.82. The van der Waals surface area contributed by atoms with Gasteiger partial charge in [-0.05, 0) is 25.5 Å². The lowest BCUT2D eigenvalue weighted by Crippen LogP contribution is -2.34. The van der Waals surface area contributed by atoms with Gasteiger partial charge in [0.15, 0.2) is 5.82 Å². The summed E-state index contributed by atoms with van der Waals surface area (Å²) in [6, 6.07) is 3.71. The summed E-state index contributed by atoms with van der Waals surface area (Å²) < 4.78 is 0. The van der Waals surface area contributed by atoms with Crippen molar-refractivity contribution in [1.82, 2.24) is 10.3 Å². The molecule has 5 nitrogen and oxygen atoms in total. The van der Waals surface area contributed by atoms with Gasteiger partial charge in [-0.25, -0.2) is 4.98 Å². The first kappa shape index (κ1) is 10.7. The quantitative estimate of drug-likeness (QED) is 0.714. The summed E-state index contributed by atoms with van der Waals surface area (Å²) in [6.45, 7) is 3.78. The number of hydrogen-bond donors (Lipinski definition) is 2. The number of nitrogens with two attached hydrogens (primary N) is 1. The molecule has 0 spiro atoms. The lowest BCUT2D eigenvalue weighted by Gasteiger charge is -2.21. The number of aromatic nitrogens is 1. The second-order valence-electron chi connectivity index (χ2n) is 3.99. The monoisotopic (exact) mass is 220 g/mol. The molecule has 1 aliphatic rings. The average molecular weight is 220 g/mol. The van der Waals surface area contributed by atoms with Crippen LogP contribution in [0.3, 0.4) is 0 Å². The maximum absolute atomic E-state index is 11.4. The Bertz CT molecular complexity index is 405. The summed E-state index contributed by atoms with van der Waals surface area (Å²) >= 11 is 0. The van der Waals surface area contributed by atoms with Crippen LogP contribution in [0.15, 0.2) is 12.1 Å². The zero-order valence-electron chi connectivity index (χ0n) is 9.36. The van der Waals surface area contributed by atoms with Crippen molar-refractivity contribution >= 4 is 17.4 Å². The van der Waals surface area contributed by atoms with Crippen molar-refractivity contribution in [2.75, 3.05) is 30.3 Å². The number of amides is 1. The molecule has 2 heterocycles. The number of rotatable bonds is 1. The van der Waals surface area contributed by atoms with Gasteiger partial charge in [0.05, 0.1) is 12.2 Å². The molecule has 0 aromatic carbocycles. The summed E-state index contributed by atoms with van der Waals surface area (Å²) in [7, 11) is 0. The molecule has 1 fully saturated rings. The maximum atomic E-state index is 11.4. The number of aryl methyl sites for hydroxylation is 1. The van der Waals surface area contributed by atoms with Crippen LogP contribution in [0.1, 0.15) is 12.1 Å². The molecule has 0 unspecified atom stereocenters. The van der Waals surface area contributed by atoms with E-state index in [1.54, 1.807) is 0 Å². The molecule has 1 aromatic heterocycles. The maximum Gasteiger partial charge on any atom is 0.239 e. The number of nitrogens with zero attached hydrogens (tertiary/aromatic N) is 2. The Labute approximate surface area is 94.6 Å². The predicted molar refractivity (Wildman–Crippen MR) is 63.2 cm³/mol. The van der Waals surface area contributed by atoms with E-state index >= 15 is 0 Å². The summed E-state index contributed by atoms with van der Waals surface area (Å²) in [5, 5.41) is 2.83. The van der Waals surface area contributed by atoms with Crippen LogP contribution in [0.4, 0.5) is 11.5 Å². The Hall–Kier alpha value is -1.78. The van der Waals surface area contributed by atoms with E-state index in [0.29, 0.717) is 12.2 Å². The highest BCUT2D eigenvalue weighted by Crippen LogP contribution is 2.21. The molecule has 0 saturated carbocycles. The van der Waals surface area contributed by atoms with Crippen LogP contribution in [-0.4, -0.2) is 30.5 Å². The van der Waals surface area contributed by atoms with Gasteiger partial charge in [0, 0.05) is 18.8 Å². The third-order valence-corrected chi connectivity index (χ3v) is 2.61. The second-order valence-corrected chi connectivity index (χ2v) is 3.99. The van der Waals surface area contributed by atoms with Crippen LogP contribution in [0.5, 0.6) is 0 Å². The van der Waals surface area contributed by atoms with Crippen LogP contribution in [0.25, 0.3) is 0 Å². The molecule has 0 atom stereocenters. The average Bonchev–Trinajstić information content (AvgIpc) is 2.46. The fraction of sp³-hybridized carbons (Fsp3) is 0.455. The Kier molecular flexibility index (Phi) is 2.94. The van der Waals surface area contributed by atoms with E-state index in [-0.39, 0.29) is 5.91 Å². The Morgan fingerprint density at radius 3 is 3.12 bits per heavy atom. The fourth-order valence-electron chi connectivity index (χ4n) is 1.79. The highest BCUT2D eigenvalue weighted by atomic mass is 16.2. The van der Waals surface area contributed by atoms with Gasteiger partial charge < -0.3 is 16.0 Å². The van der Waals surface area contributed by atoms with Crippen molar-refractivity contribution in [2.45, 2.75) is 13.3 Å². The van der Waals surface area contributed by atoms with E-state index in [0.717, 1.165) is 31.0 Å². The molecule has 1 saturated heterocycles. The molecule has 0 bridgehead atoms. The standard InChI is InChI=1S/C11H16N4O/c1-8-3-4-9(12)11(14-8)15-6-2-5-13-10(16)7-15/h3-4H,2,5-7,12H2,1H3,(H,13,16). The first-order valence-corrected chi connectivity index (χ1v) is 5.41. The van der Waals surface area contributed by atoms with Gasteiger partial charge in [0.1, 0.15) is 0 Å². The molecule has 3 N–H and O–H groups in total. The number of nitrogen functional groups attached to an aromatic ring is 1. The van der Waals surface area contributed by atoms with Crippen LogP contribution in [0.2, 0.25) is 0 Å². The van der Waals surface area contributed by atoms with Crippen molar-refractivity contribution in [3.05, 3.63) is 17.8 Å². The summed E-state index contributed by atoms with van der Waals surface area (Å²) in [5.74, 6) is 0.747. The predicted octanol–water partition coefficient (Wildman–Crippen LogP) is 0.299. The lowest BCUT2D eigenvalue weighted by atomic mass is 10.3. The first-order chi connectivity index (χ1) is 7.66. The number of nitrogens with one attached hydrogen (secondary N) is 1. The minimum Gasteiger partial charge on any atom is -0.396 e. The summed E-state index contributed by atoms with van der Waals surface area (Å²) in [5.41, 5.74) is 7.42. The van der Waals surface area contributed by atoms with Crippen LogP contribution in [-0.2, 0) is 4.79 Å². The normalized spacial score (nSPS) is 16.8. The molecule has 1 amide bonds. The van der Waals surface area contributed by atoms with E-state index in [4.69, 9.17) is 5.73 Å². The Morgan fingerprint density at radius 2 is 2.31 bits per heavy atom. The van der Waals surface area contributed by atoms with E-state index in [1.165, 1.54) is 0 Å². The molecule has 5 heteroatoms. The SMILES string of the molecule is Cc1ccc(N)c(N2CCCNC(=O)C2)n1. The molecule has 86 valence electrons. The third-order valence-electron chi connectivity index (χ3n) is 2.61. The van der Waals surface area contributed by atoms with Gasteiger partial charge in [-0.2, -0.15) is 0 Å². The van der Waals surface area contributed by atoms with E-state index < -0.39 is 0 Å². The van der Waals surface area contributed by atoms with Crippen LogP contribution in [0, 0.1) is 6.92 Å². The highest BCUT2D eigenvalue weighted by Gasteiger charge is 2.17. The zero-order valence-corrected chi connectivity index (χ0v) is 9.36. The van der Waals surface area contributed by atoms with E-state index in [2.05, 4.69) is 10.3 Å². The number of pyridine rings is 1. The molecule has 0 aliphatic carbocycles. The third kappa shape index (κ3) is 2.24. The van der Waals surface area contributed by atoms with Gasteiger partial charge in [0.2, 0.25) is 5.91 Å². The molecule has 0 radical (unpaired) electrons. The minimum absolute atomic E-state index is 0.0280. The molecule has 1 aliphatic heterocycles. The van der Waals surface area contributed by atoms with Crippen molar-refractivity contribution in [1.29, 1.82) is 0 Å². The molecular weight excluding hydrogens is 204 g/mol. The summed E-state index contributed by atoms with van der Waals surface area (Å²) in [4.78, 5) is 17.8. The largest absolute Gasteiger partial charge is 0.396 e. The Morgan fingerprint density at radius 1 is 1.50 bits per heavy atom. The van der Waals surface area contributed by atoms with Crippen molar-refractivity contribution in [2.24, 2.45) is 0 Å². The molecule has 2 rings (SSSR count). The molecule has 16 heavy (non-hydrogen) atoms. The number of hydrogen-bond acceptors (Lipinski definition) is 4. The fourth-order valence-corrected chi connectivity index (χ4v) is 1.79. The minimum atomic E-state index is 0.0280. The Balaban J connectivity index is 2.27. The number of carbonyl (C=O) groups excluding carboxylic acids is 1. The number of anilines is 2. The van der Waals surface area contributed by atoms with Crippen LogP contribution >= 0.6 is 0 Å². The topological polar surface area (TPSA) is 71.2 Å². The van der Waals surface area contributed by atoms with Gasteiger partial charge in [-0.3, -0.25) is 4.79 Å².